The fraction of sp³-hybridized carbons (Fsp3) is 0.867. The first-order valence-electron chi connectivity index (χ1n) is 6.94. The largest absolute Gasteiger partial charge is 0.390 e. The van der Waals surface area contributed by atoms with E-state index < -0.39 is 17.3 Å². The third kappa shape index (κ3) is 4.71. The number of rotatable bonds is 5. The van der Waals surface area contributed by atoms with Crippen molar-refractivity contribution in [1.82, 2.24) is 0 Å². The van der Waals surface area contributed by atoms with Gasteiger partial charge in [-0.1, -0.05) is 19.1 Å². The van der Waals surface area contributed by atoms with Gasteiger partial charge in [0.2, 0.25) is 0 Å². The van der Waals surface area contributed by atoms with Crippen LogP contribution in [0.25, 0.3) is 0 Å². The molecule has 1 aliphatic carbocycles. The minimum Gasteiger partial charge on any atom is -0.390 e. The van der Waals surface area contributed by atoms with E-state index in [0.29, 0.717) is 18.3 Å². The van der Waals surface area contributed by atoms with Gasteiger partial charge in [-0.2, -0.15) is 0 Å². The van der Waals surface area contributed by atoms with Crippen LogP contribution >= 0.6 is 0 Å². The Kier molecular flexibility index (Phi) is 4.98. The maximum absolute atomic E-state index is 9.84. The number of allylic oxidation sites excluding steroid dienone is 1. The molecule has 0 bridgehead atoms. The van der Waals surface area contributed by atoms with E-state index >= 15 is 0 Å². The standard InChI is InChI=1S/C15H28O3/c1-11(5-6-13(16)14(2,3)17)12-7-9-15(4,18)10-8-12/h7,9,11-13,16-18H,5-6,8,10H2,1-4H3/t11-,12+,13-,15+/m1/s1. The molecule has 18 heavy (non-hydrogen) atoms. The first-order chi connectivity index (χ1) is 8.12. The second-order valence-corrected chi connectivity index (χ2v) is 6.64. The SMILES string of the molecule is C[C@H](CC[C@@H](O)C(C)(C)O)[C@H]1C=C[C@](C)(O)CC1. The Morgan fingerprint density at radius 1 is 1.39 bits per heavy atom. The van der Waals surface area contributed by atoms with E-state index in [-0.39, 0.29) is 0 Å². The lowest BCUT2D eigenvalue weighted by atomic mass is 9.78. The third-order valence-electron chi connectivity index (χ3n) is 4.13. The summed E-state index contributed by atoms with van der Waals surface area (Å²) in [5.74, 6) is 0.939. The predicted octanol–water partition coefficient (Wildman–Crippen LogP) is 2.25. The molecule has 0 aromatic rings. The molecule has 0 unspecified atom stereocenters. The van der Waals surface area contributed by atoms with Crippen molar-refractivity contribution in [3.63, 3.8) is 0 Å². The molecule has 0 aromatic carbocycles. The highest BCUT2D eigenvalue weighted by Gasteiger charge is 2.28. The summed E-state index contributed by atoms with van der Waals surface area (Å²) in [7, 11) is 0. The van der Waals surface area contributed by atoms with Crippen molar-refractivity contribution in [2.24, 2.45) is 11.8 Å². The molecule has 0 saturated heterocycles. The van der Waals surface area contributed by atoms with Crippen LogP contribution in [0.2, 0.25) is 0 Å². The van der Waals surface area contributed by atoms with Gasteiger partial charge in [-0.25, -0.2) is 0 Å². The van der Waals surface area contributed by atoms with Crippen LogP contribution in [0, 0.1) is 11.8 Å². The molecule has 0 spiro atoms. The van der Waals surface area contributed by atoms with E-state index in [1.807, 2.05) is 13.0 Å². The van der Waals surface area contributed by atoms with Gasteiger partial charge in [-0.3, -0.25) is 0 Å². The molecule has 4 atom stereocenters. The first-order valence-corrected chi connectivity index (χ1v) is 6.94. The Labute approximate surface area is 111 Å². The van der Waals surface area contributed by atoms with E-state index in [1.165, 1.54) is 0 Å². The minimum atomic E-state index is -1.02. The lowest BCUT2D eigenvalue weighted by Gasteiger charge is -2.32. The van der Waals surface area contributed by atoms with Gasteiger partial charge in [0.25, 0.3) is 0 Å². The smallest absolute Gasteiger partial charge is 0.0849 e. The van der Waals surface area contributed by atoms with Crippen molar-refractivity contribution < 1.29 is 15.3 Å². The minimum absolute atomic E-state index is 0.467. The number of aliphatic hydroxyl groups is 3. The summed E-state index contributed by atoms with van der Waals surface area (Å²) in [4.78, 5) is 0. The molecule has 0 saturated carbocycles. The van der Waals surface area contributed by atoms with Gasteiger partial charge >= 0.3 is 0 Å². The normalized spacial score (nSPS) is 32.3. The van der Waals surface area contributed by atoms with Gasteiger partial charge in [-0.05, 0) is 58.3 Å². The Morgan fingerprint density at radius 2 is 2.00 bits per heavy atom. The van der Waals surface area contributed by atoms with Gasteiger partial charge in [0.05, 0.1) is 17.3 Å². The summed E-state index contributed by atoms with van der Waals surface area (Å²) in [6, 6.07) is 0. The molecular weight excluding hydrogens is 228 g/mol. The second-order valence-electron chi connectivity index (χ2n) is 6.64. The van der Waals surface area contributed by atoms with E-state index in [2.05, 4.69) is 13.0 Å². The number of hydrogen-bond acceptors (Lipinski definition) is 3. The zero-order valence-corrected chi connectivity index (χ0v) is 12.1. The van der Waals surface area contributed by atoms with Crippen molar-refractivity contribution in [2.45, 2.75) is 70.7 Å². The molecule has 1 aliphatic rings. The predicted molar refractivity (Wildman–Crippen MR) is 73.2 cm³/mol. The molecule has 0 heterocycles. The van der Waals surface area contributed by atoms with Gasteiger partial charge in [0.1, 0.15) is 0 Å². The quantitative estimate of drug-likeness (QED) is 0.661. The van der Waals surface area contributed by atoms with Crippen molar-refractivity contribution in [2.75, 3.05) is 0 Å². The molecule has 3 N–H and O–H groups in total. The average molecular weight is 256 g/mol. The average Bonchev–Trinajstić information content (AvgIpc) is 2.24. The molecule has 0 amide bonds. The van der Waals surface area contributed by atoms with Crippen LogP contribution in [0.5, 0.6) is 0 Å². The monoisotopic (exact) mass is 256 g/mol. The van der Waals surface area contributed by atoms with Gasteiger partial charge in [0.15, 0.2) is 0 Å². The molecule has 0 radical (unpaired) electrons. The van der Waals surface area contributed by atoms with E-state index in [1.54, 1.807) is 13.8 Å². The fourth-order valence-corrected chi connectivity index (χ4v) is 2.43. The molecule has 106 valence electrons. The first kappa shape index (κ1) is 15.7. The molecule has 0 fully saturated rings. The van der Waals surface area contributed by atoms with Crippen molar-refractivity contribution in [3.05, 3.63) is 12.2 Å². The summed E-state index contributed by atoms with van der Waals surface area (Å²) >= 11 is 0. The third-order valence-corrected chi connectivity index (χ3v) is 4.13. The van der Waals surface area contributed by atoms with Gasteiger partial charge in [-0.15, -0.1) is 0 Å². The summed E-state index contributed by atoms with van der Waals surface area (Å²) in [5.41, 5.74) is -1.67. The van der Waals surface area contributed by atoms with Crippen molar-refractivity contribution in [3.8, 4) is 0 Å². The Hall–Kier alpha value is -0.380. The Morgan fingerprint density at radius 3 is 2.44 bits per heavy atom. The lowest BCUT2D eigenvalue weighted by molar-refractivity contribution is -0.0541. The molecule has 3 heteroatoms. The summed E-state index contributed by atoms with van der Waals surface area (Å²) < 4.78 is 0. The van der Waals surface area contributed by atoms with E-state index in [4.69, 9.17) is 0 Å². The second kappa shape index (κ2) is 5.72. The van der Waals surface area contributed by atoms with Crippen LogP contribution in [0.3, 0.4) is 0 Å². The van der Waals surface area contributed by atoms with Crippen LogP contribution < -0.4 is 0 Å². The van der Waals surface area contributed by atoms with Crippen LogP contribution in [0.4, 0.5) is 0 Å². The van der Waals surface area contributed by atoms with E-state index in [9.17, 15) is 15.3 Å². The lowest BCUT2D eigenvalue weighted by Crippen LogP contribution is -2.36. The van der Waals surface area contributed by atoms with Crippen LogP contribution in [0.15, 0.2) is 12.2 Å². The van der Waals surface area contributed by atoms with Crippen LogP contribution in [-0.2, 0) is 0 Å². The van der Waals surface area contributed by atoms with Gasteiger partial charge < -0.3 is 15.3 Å². The molecule has 1 rings (SSSR count). The molecule has 3 nitrogen and oxygen atoms in total. The Bertz CT molecular complexity index is 289. The maximum Gasteiger partial charge on any atom is 0.0849 e. The highest BCUT2D eigenvalue weighted by molar-refractivity contribution is 5.06. The maximum atomic E-state index is 9.84. The van der Waals surface area contributed by atoms with Gasteiger partial charge in [0, 0.05) is 0 Å². The molecule has 0 aromatic heterocycles. The fourth-order valence-electron chi connectivity index (χ4n) is 2.43. The molecule has 0 aliphatic heterocycles. The number of hydrogen-bond donors (Lipinski definition) is 3. The summed E-state index contributed by atoms with van der Waals surface area (Å²) in [6.45, 7) is 7.29. The van der Waals surface area contributed by atoms with Crippen LogP contribution in [-0.4, -0.2) is 32.6 Å². The highest BCUT2D eigenvalue weighted by Crippen LogP contribution is 2.32. The zero-order chi connectivity index (χ0) is 14.0. The highest BCUT2D eigenvalue weighted by atomic mass is 16.3. The number of aliphatic hydroxyl groups excluding tert-OH is 1. The zero-order valence-electron chi connectivity index (χ0n) is 12.1. The molecular formula is C15H28O3. The van der Waals surface area contributed by atoms with Crippen molar-refractivity contribution in [1.29, 1.82) is 0 Å². The topological polar surface area (TPSA) is 60.7 Å². The van der Waals surface area contributed by atoms with E-state index in [0.717, 1.165) is 19.3 Å². The summed E-state index contributed by atoms with van der Waals surface area (Å²) in [5, 5.41) is 29.3. The van der Waals surface area contributed by atoms with Crippen molar-refractivity contribution >= 4 is 0 Å². The summed E-state index contributed by atoms with van der Waals surface area (Å²) in [6.07, 6.45) is 6.62. The van der Waals surface area contributed by atoms with Crippen LogP contribution in [0.1, 0.15) is 53.4 Å². The Balaban J connectivity index is 2.41.